The van der Waals surface area contributed by atoms with E-state index in [4.69, 9.17) is 11.6 Å². The molecule has 2 amide bonds. The molecule has 2 saturated heterocycles. The molecule has 7 nitrogen and oxygen atoms in total. The highest BCUT2D eigenvalue weighted by atomic mass is 35.5. The number of likely N-dealkylation sites (N-methyl/N-ethyl adjacent to an activating group) is 1. The van der Waals surface area contributed by atoms with Gasteiger partial charge in [-0.2, -0.15) is 5.10 Å². The van der Waals surface area contributed by atoms with Crippen LogP contribution in [0.5, 0.6) is 0 Å². The summed E-state index contributed by atoms with van der Waals surface area (Å²) >= 11 is 6.04. The van der Waals surface area contributed by atoms with E-state index in [-0.39, 0.29) is 17.7 Å². The first kappa shape index (κ1) is 19.9. The number of hydrogen-bond donors (Lipinski definition) is 1. The zero-order valence-electron chi connectivity index (χ0n) is 16.6. The Morgan fingerprint density at radius 1 is 1.03 bits per heavy atom. The number of nitrogens with zero attached hydrogens (tertiary/aromatic N) is 4. The van der Waals surface area contributed by atoms with E-state index in [0.29, 0.717) is 42.3 Å². The van der Waals surface area contributed by atoms with E-state index in [1.54, 1.807) is 12.1 Å². The lowest BCUT2D eigenvalue weighted by molar-refractivity contribution is -0.138. The van der Waals surface area contributed by atoms with E-state index in [2.05, 4.69) is 22.1 Å². The van der Waals surface area contributed by atoms with Crippen LogP contribution >= 0.6 is 11.6 Å². The van der Waals surface area contributed by atoms with Crippen LogP contribution < -0.4 is 0 Å². The van der Waals surface area contributed by atoms with Gasteiger partial charge < -0.3 is 14.7 Å². The molecule has 3 heterocycles. The Morgan fingerprint density at radius 3 is 2.45 bits per heavy atom. The van der Waals surface area contributed by atoms with Gasteiger partial charge in [-0.25, -0.2) is 0 Å². The molecule has 1 aromatic carbocycles. The third-order valence-corrected chi connectivity index (χ3v) is 6.11. The van der Waals surface area contributed by atoms with Gasteiger partial charge in [0.2, 0.25) is 5.91 Å². The third kappa shape index (κ3) is 4.46. The van der Waals surface area contributed by atoms with Crippen molar-refractivity contribution >= 4 is 23.4 Å². The minimum Gasteiger partial charge on any atom is -0.340 e. The van der Waals surface area contributed by atoms with Crippen molar-refractivity contribution in [1.82, 2.24) is 24.9 Å². The summed E-state index contributed by atoms with van der Waals surface area (Å²) in [6, 6.07) is 9.15. The third-order valence-electron chi connectivity index (χ3n) is 5.88. The largest absolute Gasteiger partial charge is 0.340 e. The number of piperazine rings is 1. The van der Waals surface area contributed by atoms with E-state index in [1.165, 1.54) is 0 Å². The average Bonchev–Trinajstić information content (AvgIpc) is 3.24. The fourth-order valence-corrected chi connectivity index (χ4v) is 4.20. The molecule has 29 heavy (non-hydrogen) atoms. The topological polar surface area (TPSA) is 72.5 Å². The van der Waals surface area contributed by atoms with Gasteiger partial charge in [-0.1, -0.05) is 23.7 Å². The van der Waals surface area contributed by atoms with Gasteiger partial charge in [-0.3, -0.25) is 14.7 Å². The number of likely N-dealkylation sites (tertiary alicyclic amines) is 1. The molecule has 0 saturated carbocycles. The zero-order chi connectivity index (χ0) is 20.4. The van der Waals surface area contributed by atoms with Gasteiger partial charge in [0.1, 0.15) is 5.69 Å². The van der Waals surface area contributed by atoms with Gasteiger partial charge in [-0.15, -0.1) is 0 Å². The first-order valence-electron chi connectivity index (χ1n) is 10.1. The fourth-order valence-electron chi connectivity index (χ4n) is 4.01. The molecule has 0 atom stereocenters. The summed E-state index contributed by atoms with van der Waals surface area (Å²) in [4.78, 5) is 31.7. The van der Waals surface area contributed by atoms with E-state index >= 15 is 0 Å². The van der Waals surface area contributed by atoms with Crippen molar-refractivity contribution in [3.05, 3.63) is 41.0 Å². The number of H-pyrrole nitrogens is 1. The standard InChI is InChI=1S/C21H26ClN5O2/c1-25-9-11-27(12-10-25)20(28)15-5-7-26(8-6-15)21(29)19-14-18(23-24-19)16-3-2-4-17(22)13-16/h2-4,13-15H,5-12H2,1H3,(H,23,24). The molecular formula is C21H26ClN5O2. The number of nitrogens with one attached hydrogen (secondary N) is 1. The number of halogens is 1. The average molecular weight is 416 g/mol. The molecule has 1 aromatic heterocycles. The highest BCUT2D eigenvalue weighted by Gasteiger charge is 2.32. The van der Waals surface area contributed by atoms with Crippen molar-refractivity contribution in [2.45, 2.75) is 12.8 Å². The Hall–Kier alpha value is -2.38. The van der Waals surface area contributed by atoms with Crippen molar-refractivity contribution in [1.29, 1.82) is 0 Å². The Bertz CT molecular complexity index is 883. The Balaban J connectivity index is 1.34. The molecular weight excluding hydrogens is 390 g/mol. The highest BCUT2D eigenvalue weighted by Crippen LogP contribution is 2.24. The number of rotatable bonds is 3. The number of aromatic amines is 1. The molecule has 8 heteroatoms. The molecule has 2 aliphatic heterocycles. The zero-order valence-corrected chi connectivity index (χ0v) is 17.4. The molecule has 1 N–H and O–H groups in total. The summed E-state index contributed by atoms with van der Waals surface area (Å²) in [5.74, 6) is 0.192. The highest BCUT2D eigenvalue weighted by molar-refractivity contribution is 6.30. The van der Waals surface area contributed by atoms with Crippen LogP contribution in [0.2, 0.25) is 5.02 Å². The Labute approximate surface area is 175 Å². The van der Waals surface area contributed by atoms with Crippen LogP contribution in [0.4, 0.5) is 0 Å². The van der Waals surface area contributed by atoms with Crippen LogP contribution in [-0.2, 0) is 4.79 Å². The number of piperidine rings is 1. The molecule has 2 aromatic rings. The summed E-state index contributed by atoms with van der Waals surface area (Å²) < 4.78 is 0. The molecule has 154 valence electrons. The Kier molecular flexibility index (Phi) is 5.87. The van der Waals surface area contributed by atoms with E-state index in [1.807, 2.05) is 28.0 Å². The monoisotopic (exact) mass is 415 g/mol. The second kappa shape index (κ2) is 8.55. The summed E-state index contributed by atoms with van der Waals surface area (Å²) in [5.41, 5.74) is 2.02. The molecule has 2 aliphatic rings. The van der Waals surface area contributed by atoms with E-state index in [9.17, 15) is 9.59 Å². The lowest BCUT2D eigenvalue weighted by Gasteiger charge is -2.37. The van der Waals surface area contributed by atoms with Gasteiger partial charge in [0.25, 0.3) is 5.91 Å². The first-order chi connectivity index (χ1) is 14.0. The van der Waals surface area contributed by atoms with Gasteiger partial charge in [0, 0.05) is 55.8 Å². The quantitative estimate of drug-likeness (QED) is 0.835. The Morgan fingerprint density at radius 2 is 1.76 bits per heavy atom. The predicted molar refractivity (Wildman–Crippen MR) is 112 cm³/mol. The van der Waals surface area contributed by atoms with Crippen LogP contribution in [0.15, 0.2) is 30.3 Å². The number of carbonyl (C=O) groups excluding carboxylic acids is 2. The van der Waals surface area contributed by atoms with Crippen LogP contribution in [0, 0.1) is 5.92 Å². The van der Waals surface area contributed by atoms with Crippen molar-refractivity contribution in [2.75, 3.05) is 46.3 Å². The van der Waals surface area contributed by atoms with Crippen LogP contribution in [0.3, 0.4) is 0 Å². The van der Waals surface area contributed by atoms with E-state index in [0.717, 1.165) is 31.7 Å². The molecule has 0 unspecified atom stereocenters. The number of aromatic nitrogens is 2. The minimum atomic E-state index is -0.0729. The summed E-state index contributed by atoms with van der Waals surface area (Å²) in [6.07, 6.45) is 1.43. The molecule has 4 rings (SSSR count). The van der Waals surface area contributed by atoms with Crippen LogP contribution in [-0.4, -0.2) is 83.0 Å². The van der Waals surface area contributed by atoms with E-state index < -0.39 is 0 Å². The van der Waals surface area contributed by atoms with Gasteiger partial charge >= 0.3 is 0 Å². The smallest absolute Gasteiger partial charge is 0.271 e. The maximum Gasteiger partial charge on any atom is 0.271 e. The summed E-state index contributed by atoms with van der Waals surface area (Å²) in [7, 11) is 2.08. The minimum absolute atomic E-state index is 0.0197. The van der Waals surface area contributed by atoms with Gasteiger partial charge in [-0.05, 0) is 38.1 Å². The molecule has 0 aliphatic carbocycles. The molecule has 0 spiro atoms. The predicted octanol–water partition coefficient (Wildman–Crippen LogP) is 2.36. The maximum absolute atomic E-state index is 12.9. The van der Waals surface area contributed by atoms with Gasteiger partial charge in [0.15, 0.2) is 0 Å². The number of benzene rings is 1. The van der Waals surface area contributed by atoms with Crippen LogP contribution in [0.25, 0.3) is 11.3 Å². The lowest BCUT2D eigenvalue weighted by atomic mass is 9.94. The maximum atomic E-state index is 12.9. The van der Waals surface area contributed by atoms with Crippen LogP contribution in [0.1, 0.15) is 23.3 Å². The normalized spacial score (nSPS) is 18.8. The van der Waals surface area contributed by atoms with Crippen molar-refractivity contribution < 1.29 is 9.59 Å². The number of amides is 2. The molecule has 0 bridgehead atoms. The second-order valence-electron chi connectivity index (χ2n) is 7.87. The fraction of sp³-hybridized carbons (Fsp3) is 0.476. The SMILES string of the molecule is CN1CCN(C(=O)C2CCN(C(=O)c3cc(-c4cccc(Cl)c4)n[nH]3)CC2)CC1. The number of carbonyl (C=O) groups is 2. The van der Waals surface area contributed by atoms with Crippen molar-refractivity contribution in [3.8, 4) is 11.3 Å². The molecule has 0 radical (unpaired) electrons. The lowest BCUT2D eigenvalue weighted by Crippen LogP contribution is -2.51. The van der Waals surface area contributed by atoms with Crippen molar-refractivity contribution in [3.63, 3.8) is 0 Å². The molecule has 2 fully saturated rings. The summed E-state index contributed by atoms with van der Waals surface area (Å²) in [6.45, 7) is 4.64. The first-order valence-corrected chi connectivity index (χ1v) is 10.5. The summed E-state index contributed by atoms with van der Waals surface area (Å²) in [5, 5.41) is 7.73. The number of hydrogen-bond acceptors (Lipinski definition) is 4. The van der Waals surface area contributed by atoms with Gasteiger partial charge in [0.05, 0.1) is 5.69 Å². The van der Waals surface area contributed by atoms with Crippen molar-refractivity contribution in [2.24, 2.45) is 5.92 Å². The second-order valence-corrected chi connectivity index (χ2v) is 8.31.